The first-order valence-electron chi connectivity index (χ1n) is 12.5. The topological polar surface area (TPSA) is 95.6 Å². The van der Waals surface area contributed by atoms with Crippen molar-refractivity contribution in [2.45, 2.75) is 57.9 Å². The van der Waals surface area contributed by atoms with Gasteiger partial charge in [0.25, 0.3) is 0 Å². The Hall–Kier alpha value is -3.49. The van der Waals surface area contributed by atoms with Crippen LogP contribution in [0.15, 0.2) is 65.6 Å². The van der Waals surface area contributed by atoms with E-state index >= 15 is 0 Å². The van der Waals surface area contributed by atoms with Crippen molar-refractivity contribution in [1.82, 2.24) is 4.31 Å². The molecule has 1 atom stereocenters. The van der Waals surface area contributed by atoms with Crippen LogP contribution >= 0.6 is 0 Å². The highest BCUT2D eigenvalue weighted by atomic mass is 32.2. The molecule has 1 unspecified atom stereocenters. The van der Waals surface area contributed by atoms with E-state index in [1.165, 1.54) is 16.4 Å². The fraction of sp³-hybridized carbons (Fsp3) is 0.310. The van der Waals surface area contributed by atoms with Crippen molar-refractivity contribution in [2.24, 2.45) is 0 Å². The number of sulfonamides is 1. The number of nitrogens with zero attached hydrogens (tertiary/aromatic N) is 1. The van der Waals surface area contributed by atoms with Gasteiger partial charge in [-0.2, -0.15) is 4.31 Å². The average Bonchev–Trinajstić information content (AvgIpc) is 2.86. The number of carbonyl (C=O) groups excluding carboxylic acids is 2. The lowest BCUT2D eigenvalue weighted by Crippen LogP contribution is -2.41. The number of rotatable bonds is 7. The molecule has 0 fully saturated rings. The summed E-state index contributed by atoms with van der Waals surface area (Å²) in [6.45, 7) is 7.94. The zero-order valence-corrected chi connectivity index (χ0v) is 22.5. The molecule has 1 aliphatic rings. The molecule has 0 bridgehead atoms. The summed E-state index contributed by atoms with van der Waals surface area (Å²) in [7, 11) is -3.90. The van der Waals surface area contributed by atoms with E-state index in [-0.39, 0.29) is 29.7 Å². The van der Waals surface area contributed by atoms with Crippen LogP contribution in [0.4, 0.5) is 11.4 Å². The van der Waals surface area contributed by atoms with Gasteiger partial charge in [-0.1, -0.05) is 48.9 Å². The highest BCUT2D eigenvalue weighted by Gasteiger charge is 2.37. The molecule has 37 heavy (non-hydrogen) atoms. The zero-order valence-electron chi connectivity index (χ0n) is 21.7. The Balaban J connectivity index is 1.63. The van der Waals surface area contributed by atoms with Crippen molar-refractivity contribution in [2.75, 3.05) is 17.2 Å². The number of amides is 2. The lowest BCUT2D eigenvalue weighted by atomic mass is 9.92. The summed E-state index contributed by atoms with van der Waals surface area (Å²) in [5.74, 6) is -0.386. The predicted octanol–water partition coefficient (Wildman–Crippen LogP) is 5.28. The number of carbonyl (C=O) groups is 2. The Bertz CT molecular complexity index is 1410. The van der Waals surface area contributed by atoms with Crippen molar-refractivity contribution < 1.29 is 18.0 Å². The monoisotopic (exact) mass is 519 g/mol. The number of hydrogen-bond donors (Lipinski definition) is 2. The quantitative estimate of drug-likeness (QED) is 0.444. The molecule has 3 aromatic rings. The maximum Gasteiger partial charge on any atom is 0.243 e. The molecule has 0 saturated heterocycles. The molecule has 0 aliphatic carbocycles. The molecule has 0 aromatic heterocycles. The van der Waals surface area contributed by atoms with E-state index in [0.717, 1.165) is 33.5 Å². The minimum Gasteiger partial charge on any atom is -0.326 e. The highest BCUT2D eigenvalue weighted by molar-refractivity contribution is 7.89. The number of hydrogen-bond acceptors (Lipinski definition) is 4. The maximum atomic E-state index is 13.8. The lowest BCUT2D eigenvalue weighted by molar-refractivity contribution is -0.117. The first-order chi connectivity index (χ1) is 17.6. The van der Waals surface area contributed by atoms with E-state index in [1.54, 1.807) is 19.1 Å². The molecule has 4 rings (SSSR count). The van der Waals surface area contributed by atoms with Crippen LogP contribution in [0.3, 0.4) is 0 Å². The average molecular weight is 520 g/mol. The van der Waals surface area contributed by atoms with E-state index in [4.69, 9.17) is 0 Å². The van der Waals surface area contributed by atoms with Crippen LogP contribution in [-0.4, -0.2) is 31.1 Å². The van der Waals surface area contributed by atoms with Crippen molar-refractivity contribution in [3.63, 3.8) is 0 Å². The number of fused-ring (bicyclic) bond motifs is 1. The van der Waals surface area contributed by atoms with Crippen molar-refractivity contribution in [3.8, 4) is 0 Å². The second kappa shape index (κ2) is 10.9. The van der Waals surface area contributed by atoms with Crippen LogP contribution in [0.5, 0.6) is 0 Å². The van der Waals surface area contributed by atoms with Gasteiger partial charge in [-0.3, -0.25) is 9.59 Å². The lowest BCUT2D eigenvalue weighted by Gasteiger charge is -2.36. The summed E-state index contributed by atoms with van der Waals surface area (Å²) < 4.78 is 29.0. The summed E-state index contributed by atoms with van der Waals surface area (Å²) >= 11 is 0. The fourth-order valence-electron chi connectivity index (χ4n) is 4.97. The summed E-state index contributed by atoms with van der Waals surface area (Å²) in [4.78, 5) is 25.1. The Labute approximate surface area is 218 Å². The molecule has 1 heterocycles. The zero-order chi connectivity index (χ0) is 26.7. The number of benzene rings is 3. The third kappa shape index (κ3) is 5.76. The van der Waals surface area contributed by atoms with Gasteiger partial charge < -0.3 is 10.6 Å². The van der Waals surface area contributed by atoms with Crippen molar-refractivity contribution in [1.29, 1.82) is 0 Å². The van der Waals surface area contributed by atoms with Gasteiger partial charge in [0, 0.05) is 30.8 Å². The molecule has 0 radical (unpaired) electrons. The SMILES string of the molecule is CCC(=O)Nc1ccc(S(=O)(=O)N2CCc3ccccc3C2CC(=O)Nc2c(C)cc(C)cc2C)cc1. The molecule has 0 spiro atoms. The van der Waals surface area contributed by atoms with E-state index in [9.17, 15) is 18.0 Å². The van der Waals surface area contributed by atoms with E-state index < -0.39 is 16.1 Å². The number of nitrogens with one attached hydrogen (secondary N) is 2. The van der Waals surface area contributed by atoms with Crippen LogP contribution in [-0.2, 0) is 26.0 Å². The second-order valence-electron chi connectivity index (χ2n) is 9.53. The molecule has 7 nitrogen and oxygen atoms in total. The Morgan fingerprint density at radius 3 is 2.22 bits per heavy atom. The summed E-state index contributed by atoms with van der Waals surface area (Å²) in [6, 6.07) is 17.3. The van der Waals surface area contributed by atoms with Gasteiger partial charge in [-0.25, -0.2) is 8.42 Å². The molecule has 2 amide bonds. The molecule has 1 aliphatic heterocycles. The van der Waals surface area contributed by atoms with Crippen molar-refractivity contribution >= 4 is 33.2 Å². The van der Waals surface area contributed by atoms with Gasteiger partial charge in [0.05, 0.1) is 10.9 Å². The minimum absolute atomic E-state index is 0.00631. The Morgan fingerprint density at radius 2 is 1.57 bits per heavy atom. The summed E-state index contributed by atoms with van der Waals surface area (Å²) in [5.41, 5.74) is 6.24. The van der Waals surface area contributed by atoms with Gasteiger partial charge in [0.15, 0.2) is 0 Å². The molecule has 3 aromatic carbocycles. The van der Waals surface area contributed by atoms with Crippen LogP contribution in [0.25, 0.3) is 0 Å². The largest absolute Gasteiger partial charge is 0.326 e. The van der Waals surface area contributed by atoms with Crippen molar-refractivity contribution in [3.05, 3.63) is 88.5 Å². The molecule has 8 heteroatoms. The smallest absolute Gasteiger partial charge is 0.243 e. The standard InChI is InChI=1S/C29H33N3O4S/c1-5-27(33)30-23-10-12-24(13-11-23)37(35,36)32-15-14-22-8-6-7-9-25(22)26(32)18-28(34)31-29-20(3)16-19(2)17-21(29)4/h6-13,16-17,26H,5,14-15,18H2,1-4H3,(H,30,33)(H,31,34). The minimum atomic E-state index is -3.90. The summed E-state index contributed by atoms with van der Waals surface area (Å²) in [6.07, 6.45) is 0.889. The normalized spacial score (nSPS) is 15.6. The second-order valence-corrected chi connectivity index (χ2v) is 11.4. The molecular weight excluding hydrogens is 486 g/mol. The highest BCUT2D eigenvalue weighted by Crippen LogP contribution is 2.37. The maximum absolute atomic E-state index is 13.8. The van der Waals surface area contributed by atoms with Crippen LogP contribution < -0.4 is 10.6 Å². The van der Waals surface area contributed by atoms with Gasteiger partial charge >= 0.3 is 0 Å². The van der Waals surface area contributed by atoms with Crippen LogP contribution in [0, 0.1) is 20.8 Å². The first-order valence-corrected chi connectivity index (χ1v) is 13.9. The number of anilines is 2. The fourth-order valence-corrected chi connectivity index (χ4v) is 6.57. The molecule has 194 valence electrons. The van der Waals surface area contributed by atoms with E-state index in [2.05, 4.69) is 10.6 Å². The third-order valence-corrected chi connectivity index (χ3v) is 8.67. The van der Waals surface area contributed by atoms with Gasteiger partial charge in [0.2, 0.25) is 21.8 Å². The van der Waals surface area contributed by atoms with Gasteiger partial charge in [-0.05, 0) is 73.7 Å². The van der Waals surface area contributed by atoms with Crippen LogP contribution in [0.2, 0.25) is 0 Å². The van der Waals surface area contributed by atoms with E-state index in [0.29, 0.717) is 18.5 Å². The Kier molecular flexibility index (Phi) is 7.80. The molecular formula is C29H33N3O4S. The van der Waals surface area contributed by atoms with E-state index in [1.807, 2.05) is 57.2 Å². The number of aryl methyl sites for hydroxylation is 3. The molecule has 2 N–H and O–H groups in total. The molecule has 0 saturated carbocycles. The van der Waals surface area contributed by atoms with Gasteiger partial charge in [0.1, 0.15) is 0 Å². The summed E-state index contributed by atoms with van der Waals surface area (Å²) in [5, 5.41) is 5.76. The third-order valence-electron chi connectivity index (χ3n) is 6.75. The Morgan fingerprint density at radius 1 is 0.919 bits per heavy atom. The predicted molar refractivity (Wildman–Crippen MR) is 146 cm³/mol. The first kappa shape index (κ1) is 26.6. The van der Waals surface area contributed by atoms with Crippen LogP contribution in [0.1, 0.15) is 53.6 Å². The van der Waals surface area contributed by atoms with Gasteiger partial charge in [-0.15, -0.1) is 0 Å².